The van der Waals surface area contributed by atoms with Crippen LogP contribution in [0.5, 0.6) is 11.6 Å². The zero-order valence-corrected chi connectivity index (χ0v) is 11.9. The highest BCUT2D eigenvalue weighted by molar-refractivity contribution is 5.96. The molecule has 0 fully saturated rings. The number of carbonyl (C=O) groups is 1. The highest BCUT2D eigenvalue weighted by atomic mass is 19.1. The maximum atomic E-state index is 12.7. The molecular weight excluding hydrogens is 289 g/mol. The Morgan fingerprint density at radius 2 is 2.23 bits per heavy atom. The van der Waals surface area contributed by atoms with E-state index >= 15 is 0 Å². The Hall–Kier alpha value is -2.57. The number of carbonyl (C=O) groups excluding carboxylic acids is 1. The fourth-order valence-corrected chi connectivity index (χ4v) is 2.18. The van der Waals surface area contributed by atoms with E-state index in [1.54, 1.807) is 16.8 Å². The van der Waals surface area contributed by atoms with Crippen molar-refractivity contribution >= 4 is 5.91 Å². The van der Waals surface area contributed by atoms with Crippen LogP contribution < -0.4 is 14.8 Å². The fourth-order valence-electron chi connectivity index (χ4n) is 2.18. The largest absolute Gasteiger partial charge is 0.492 e. The molecule has 116 valence electrons. The maximum absolute atomic E-state index is 12.7. The number of halogens is 1. The van der Waals surface area contributed by atoms with Crippen LogP contribution in [-0.2, 0) is 6.54 Å². The monoisotopic (exact) mass is 305 g/mol. The normalized spacial score (nSPS) is 13.1. The van der Waals surface area contributed by atoms with Gasteiger partial charge in [-0.15, -0.1) is 0 Å². The molecule has 7 heteroatoms. The summed E-state index contributed by atoms with van der Waals surface area (Å²) in [6.45, 7) is 1.98. The van der Waals surface area contributed by atoms with Crippen LogP contribution in [-0.4, -0.2) is 35.4 Å². The van der Waals surface area contributed by atoms with E-state index in [0.717, 1.165) is 13.0 Å². The summed E-state index contributed by atoms with van der Waals surface area (Å²) >= 11 is 0. The van der Waals surface area contributed by atoms with Crippen molar-refractivity contribution in [2.45, 2.75) is 13.0 Å². The molecule has 1 aromatic carbocycles. The first-order chi connectivity index (χ1) is 10.7. The van der Waals surface area contributed by atoms with E-state index in [1.165, 1.54) is 18.3 Å². The first-order valence-electron chi connectivity index (χ1n) is 7.09. The lowest BCUT2D eigenvalue weighted by molar-refractivity contribution is 0.0940. The lowest BCUT2D eigenvalue weighted by atomic mass is 10.3. The Bertz CT molecular complexity index is 655. The Kier molecular flexibility index (Phi) is 4.22. The first-order valence-corrected chi connectivity index (χ1v) is 7.09. The minimum atomic E-state index is -0.313. The van der Waals surface area contributed by atoms with Crippen molar-refractivity contribution in [3.05, 3.63) is 41.8 Å². The maximum Gasteiger partial charge on any atom is 0.258 e. The van der Waals surface area contributed by atoms with Crippen molar-refractivity contribution in [2.24, 2.45) is 0 Å². The average Bonchev–Trinajstić information content (AvgIpc) is 2.97. The highest BCUT2D eigenvalue weighted by Crippen LogP contribution is 2.21. The highest BCUT2D eigenvalue weighted by Gasteiger charge is 2.21. The van der Waals surface area contributed by atoms with E-state index < -0.39 is 0 Å². The number of rotatable bonds is 5. The molecule has 6 nitrogen and oxygen atoms in total. The minimum Gasteiger partial charge on any atom is -0.492 e. The lowest BCUT2D eigenvalue weighted by Crippen LogP contribution is -2.28. The van der Waals surface area contributed by atoms with E-state index in [4.69, 9.17) is 9.47 Å². The molecule has 0 aliphatic carbocycles. The molecule has 1 aromatic heterocycles. The summed E-state index contributed by atoms with van der Waals surface area (Å²) in [5, 5.41) is 6.87. The number of aromatic nitrogens is 2. The molecule has 1 aliphatic rings. The van der Waals surface area contributed by atoms with Crippen LogP contribution in [0.2, 0.25) is 0 Å². The Balaban J connectivity index is 1.48. The molecule has 0 radical (unpaired) electrons. The van der Waals surface area contributed by atoms with Gasteiger partial charge in [-0.3, -0.25) is 4.79 Å². The summed E-state index contributed by atoms with van der Waals surface area (Å²) < 4.78 is 25.3. The predicted octanol–water partition coefficient (Wildman–Crippen LogP) is 1.61. The number of ether oxygens (including phenoxy) is 2. The Morgan fingerprint density at radius 1 is 1.41 bits per heavy atom. The van der Waals surface area contributed by atoms with E-state index in [-0.39, 0.29) is 11.7 Å². The second-order valence-corrected chi connectivity index (χ2v) is 4.85. The van der Waals surface area contributed by atoms with Crippen molar-refractivity contribution in [3.8, 4) is 11.6 Å². The second kappa shape index (κ2) is 6.46. The molecule has 0 saturated carbocycles. The van der Waals surface area contributed by atoms with Crippen molar-refractivity contribution in [1.29, 1.82) is 0 Å². The lowest BCUT2D eigenvalue weighted by Gasteiger charge is -2.15. The molecule has 1 amide bonds. The quantitative estimate of drug-likeness (QED) is 0.852. The average molecular weight is 305 g/mol. The van der Waals surface area contributed by atoms with Gasteiger partial charge in [0.1, 0.15) is 23.7 Å². The Labute approximate surface area is 126 Å². The molecule has 0 spiro atoms. The van der Waals surface area contributed by atoms with Gasteiger partial charge >= 0.3 is 0 Å². The van der Waals surface area contributed by atoms with E-state index in [1.807, 2.05) is 0 Å². The summed E-state index contributed by atoms with van der Waals surface area (Å²) in [6, 6.07) is 5.73. The summed E-state index contributed by atoms with van der Waals surface area (Å²) in [4.78, 5) is 12.1. The number of aryl methyl sites for hydroxylation is 1. The molecule has 2 heterocycles. The molecule has 1 aliphatic heterocycles. The minimum absolute atomic E-state index is 0.245. The standard InChI is InChI=1S/C15H16FN3O3/c16-11-2-4-12(5-3-11)21-9-6-17-14(20)13-10-18-19-7-1-8-22-15(13)19/h2-5,10H,1,6-9H2,(H,17,20). The van der Waals surface area contributed by atoms with Crippen LogP contribution in [0.3, 0.4) is 0 Å². The van der Waals surface area contributed by atoms with Crippen LogP contribution >= 0.6 is 0 Å². The third kappa shape index (κ3) is 3.19. The third-order valence-electron chi connectivity index (χ3n) is 3.26. The number of amides is 1. The molecule has 0 atom stereocenters. The molecule has 3 rings (SSSR count). The molecule has 1 N–H and O–H groups in total. The summed E-state index contributed by atoms with van der Waals surface area (Å²) in [7, 11) is 0. The number of hydrogen-bond acceptors (Lipinski definition) is 4. The van der Waals surface area contributed by atoms with Gasteiger partial charge in [-0.2, -0.15) is 5.10 Å². The molecular formula is C15H16FN3O3. The fraction of sp³-hybridized carbons (Fsp3) is 0.333. The van der Waals surface area contributed by atoms with Crippen LogP contribution in [0.1, 0.15) is 16.8 Å². The van der Waals surface area contributed by atoms with Gasteiger partial charge in [0.2, 0.25) is 5.88 Å². The van der Waals surface area contributed by atoms with Gasteiger partial charge in [-0.05, 0) is 24.3 Å². The van der Waals surface area contributed by atoms with Crippen molar-refractivity contribution < 1.29 is 18.7 Å². The van der Waals surface area contributed by atoms with Gasteiger partial charge < -0.3 is 14.8 Å². The van der Waals surface area contributed by atoms with Crippen LogP contribution in [0.25, 0.3) is 0 Å². The number of nitrogens with zero attached hydrogens (tertiary/aromatic N) is 2. The molecule has 0 bridgehead atoms. The number of benzene rings is 1. The van der Waals surface area contributed by atoms with Gasteiger partial charge in [-0.25, -0.2) is 9.07 Å². The topological polar surface area (TPSA) is 65.4 Å². The van der Waals surface area contributed by atoms with Gasteiger partial charge in [-0.1, -0.05) is 0 Å². The zero-order chi connectivity index (χ0) is 15.4. The third-order valence-corrected chi connectivity index (χ3v) is 3.26. The van der Waals surface area contributed by atoms with Gasteiger partial charge in [0.15, 0.2) is 0 Å². The van der Waals surface area contributed by atoms with E-state index in [9.17, 15) is 9.18 Å². The van der Waals surface area contributed by atoms with Crippen LogP contribution in [0.4, 0.5) is 4.39 Å². The van der Waals surface area contributed by atoms with Crippen molar-refractivity contribution in [2.75, 3.05) is 19.8 Å². The number of nitrogens with one attached hydrogen (secondary N) is 1. The molecule has 0 unspecified atom stereocenters. The number of hydrogen-bond donors (Lipinski definition) is 1. The second-order valence-electron chi connectivity index (χ2n) is 4.85. The van der Waals surface area contributed by atoms with Crippen LogP contribution in [0.15, 0.2) is 30.5 Å². The molecule has 2 aromatic rings. The predicted molar refractivity (Wildman–Crippen MR) is 76.6 cm³/mol. The number of fused-ring (bicyclic) bond motifs is 1. The zero-order valence-electron chi connectivity index (χ0n) is 11.9. The SMILES string of the molecule is O=C(NCCOc1ccc(F)cc1)c1cnn2c1OCCC2. The van der Waals surface area contributed by atoms with Gasteiger partial charge in [0, 0.05) is 13.0 Å². The van der Waals surface area contributed by atoms with Gasteiger partial charge in [0.25, 0.3) is 5.91 Å². The summed E-state index contributed by atoms with van der Waals surface area (Å²) in [6.07, 6.45) is 2.40. The first kappa shape index (κ1) is 14.4. The summed E-state index contributed by atoms with van der Waals surface area (Å²) in [5.41, 5.74) is 0.432. The van der Waals surface area contributed by atoms with Crippen molar-refractivity contribution in [3.63, 3.8) is 0 Å². The molecule has 0 saturated heterocycles. The van der Waals surface area contributed by atoms with E-state index in [2.05, 4.69) is 10.4 Å². The van der Waals surface area contributed by atoms with E-state index in [0.29, 0.717) is 37.0 Å². The smallest absolute Gasteiger partial charge is 0.258 e. The Morgan fingerprint density at radius 3 is 3.05 bits per heavy atom. The van der Waals surface area contributed by atoms with Gasteiger partial charge in [0.05, 0.1) is 19.3 Å². The summed E-state index contributed by atoms with van der Waals surface area (Å²) in [5.74, 6) is 0.516. The van der Waals surface area contributed by atoms with Crippen LogP contribution in [0, 0.1) is 5.82 Å². The van der Waals surface area contributed by atoms with Crippen molar-refractivity contribution in [1.82, 2.24) is 15.1 Å². The molecule has 22 heavy (non-hydrogen) atoms.